The molecule has 0 radical (unpaired) electrons. The molecule has 0 aliphatic carbocycles. The van der Waals surface area contributed by atoms with Crippen LogP contribution in [0.2, 0.25) is 0 Å². The van der Waals surface area contributed by atoms with Crippen LogP contribution in [-0.4, -0.2) is 33.2 Å². The average Bonchev–Trinajstić information content (AvgIpc) is 3.11. The molecule has 8 heteroatoms. The molecule has 128 valence electrons. The number of nitrogens with one attached hydrogen (secondary N) is 2. The summed E-state index contributed by atoms with van der Waals surface area (Å²) in [5.74, 6) is -1.42. The molecule has 2 amide bonds. The van der Waals surface area contributed by atoms with E-state index in [9.17, 15) is 13.6 Å². The largest absolute Gasteiger partial charge is 0.322 e. The summed E-state index contributed by atoms with van der Waals surface area (Å²) in [7, 11) is 1.52. The van der Waals surface area contributed by atoms with Gasteiger partial charge in [-0.1, -0.05) is 12.1 Å². The van der Waals surface area contributed by atoms with Crippen molar-refractivity contribution >= 4 is 11.7 Å². The van der Waals surface area contributed by atoms with Crippen molar-refractivity contribution in [2.75, 3.05) is 12.4 Å². The second-order valence-electron chi connectivity index (χ2n) is 5.38. The molecule has 2 N–H and O–H groups in total. The van der Waals surface area contributed by atoms with Gasteiger partial charge in [-0.25, -0.2) is 13.6 Å². The van der Waals surface area contributed by atoms with Crippen LogP contribution in [0.25, 0.3) is 0 Å². The topological polar surface area (TPSA) is 73.9 Å². The van der Waals surface area contributed by atoms with Gasteiger partial charge in [0, 0.05) is 37.3 Å². The summed E-state index contributed by atoms with van der Waals surface area (Å²) in [5, 5.41) is 8.99. The molecule has 0 saturated heterocycles. The molecule has 2 heterocycles. The zero-order valence-corrected chi connectivity index (χ0v) is 13.3. The monoisotopic (exact) mass is 343 g/mol. The van der Waals surface area contributed by atoms with Gasteiger partial charge in [-0.2, -0.15) is 5.10 Å². The van der Waals surface area contributed by atoms with Gasteiger partial charge < -0.3 is 10.2 Å². The van der Waals surface area contributed by atoms with Crippen LogP contribution in [-0.2, 0) is 0 Å². The third-order valence-corrected chi connectivity index (χ3v) is 3.71. The summed E-state index contributed by atoms with van der Waals surface area (Å²) >= 11 is 0. The van der Waals surface area contributed by atoms with Crippen LogP contribution in [0.4, 0.5) is 19.3 Å². The highest BCUT2D eigenvalue weighted by Gasteiger charge is 2.26. The molecular weight excluding hydrogens is 328 g/mol. The molecule has 1 aromatic carbocycles. The van der Waals surface area contributed by atoms with Crippen LogP contribution in [0.15, 0.2) is 55.1 Å². The Hall–Kier alpha value is -3.29. The number of anilines is 1. The van der Waals surface area contributed by atoms with Crippen LogP contribution >= 0.6 is 0 Å². The molecule has 0 saturated carbocycles. The number of carbonyl (C=O) groups is 1. The molecule has 0 spiro atoms. The summed E-state index contributed by atoms with van der Waals surface area (Å²) in [4.78, 5) is 17.9. The number of aromatic nitrogens is 3. The number of amides is 2. The van der Waals surface area contributed by atoms with E-state index in [1.165, 1.54) is 36.6 Å². The maximum atomic E-state index is 14.4. The van der Waals surface area contributed by atoms with Crippen molar-refractivity contribution in [3.63, 3.8) is 0 Å². The lowest BCUT2D eigenvalue weighted by Crippen LogP contribution is -2.35. The Morgan fingerprint density at radius 1 is 1.28 bits per heavy atom. The van der Waals surface area contributed by atoms with Gasteiger partial charge in [0.15, 0.2) is 0 Å². The molecule has 3 aromatic rings. The third-order valence-electron chi connectivity index (χ3n) is 3.71. The first-order chi connectivity index (χ1) is 12.1. The van der Waals surface area contributed by atoms with E-state index >= 15 is 0 Å². The van der Waals surface area contributed by atoms with Gasteiger partial charge in [0.25, 0.3) is 0 Å². The van der Waals surface area contributed by atoms with Crippen LogP contribution in [0, 0.1) is 11.6 Å². The van der Waals surface area contributed by atoms with E-state index in [1.807, 2.05) is 0 Å². The summed E-state index contributed by atoms with van der Waals surface area (Å²) in [6.07, 6.45) is 6.08. The first-order valence-corrected chi connectivity index (χ1v) is 7.43. The molecule has 1 atom stereocenters. The molecule has 0 bridgehead atoms. The maximum Gasteiger partial charge on any atom is 0.322 e. The number of rotatable bonds is 4. The van der Waals surface area contributed by atoms with E-state index in [4.69, 9.17) is 0 Å². The molecule has 0 aliphatic rings. The molecule has 0 fully saturated rings. The molecule has 0 aliphatic heterocycles. The fraction of sp³-hybridized carbons (Fsp3) is 0.118. The van der Waals surface area contributed by atoms with Crippen molar-refractivity contribution in [1.82, 2.24) is 20.1 Å². The predicted molar refractivity (Wildman–Crippen MR) is 87.8 cm³/mol. The van der Waals surface area contributed by atoms with Crippen molar-refractivity contribution in [3.8, 4) is 0 Å². The van der Waals surface area contributed by atoms with Crippen molar-refractivity contribution in [1.29, 1.82) is 0 Å². The summed E-state index contributed by atoms with van der Waals surface area (Å²) in [6, 6.07) is 5.43. The highest BCUT2D eigenvalue weighted by molar-refractivity contribution is 5.89. The first kappa shape index (κ1) is 16.6. The van der Waals surface area contributed by atoms with Crippen LogP contribution in [0.3, 0.4) is 0 Å². The zero-order chi connectivity index (χ0) is 17.8. The minimum absolute atomic E-state index is 0.166. The second kappa shape index (κ2) is 7.08. The van der Waals surface area contributed by atoms with E-state index in [0.29, 0.717) is 11.3 Å². The molecule has 3 rings (SSSR count). The Morgan fingerprint density at radius 2 is 2.12 bits per heavy atom. The quantitative estimate of drug-likeness (QED) is 0.763. The lowest BCUT2D eigenvalue weighted by atomic mass is 9.98. The van der Waals surface area contributed by atoms with E-state index in [0.717, 1.165) is 12.1 Å². The number of aromatic amines is 1. The number of pyridine rings is 1. The SMILES string of the molecule is CN(C(=O)Nc1cn[nH]c1)[C@H](c1cccnc1)c1ccc(F)cc1F. The van der Waals surface area contributed by atoms with E-state index in [1.54, 1.807) is 18.3 Å². The Bertz CT molecular complexity index is 855. The molecule has 0 unspecified atom stereocenters. The minimum Gasteiger partial charge on any atom is -0.316 e. The van der Waals surface area contributed by atoms with E-state index < -0.39 is 23.7 Å². The number of hydrogen-bond donors (Lipinski definition) is 2. The van der Waals surface area contributed by atoms with Gasteiger partial charge in [-0.15, -0.1) is 0 Å². The summed E-state index contributed by atoms with van der Waals surface area (Å²) in [5.41, 5.74) is 1.23. The van der Waals surface area contributed by atoms with Crippen molar-refractivity contribution in [3.05, 3.63) is 77.9 Å². The number of H-pyrrole nitrogens is 1. The fourth-order valence-corrected chi connectivity index (χ4v) is 2.52. The Kier molecular flexibility index (Phi) is 4.69. The van der Waals surface area contributed by atoms with Gasteiger partial charge in [-0.05, 0) is 17.7 Å². The predicted octanol–water partition coefficient (Wildman–Crippen LogP) is 3.34. The van der Waals surface area contributed by atoms with Crippen molar-refractivity contribution in [2.24, 2.45) is 0 Å². The van der Waals surface area contributed by atoms with Crippen LogP contribution in [0.1, 0.15) is 17.2 Å². The number of urea groups is 1. The van der Waals surface area contributed by atoms with Crippen LogP contribution in [0.5, 0.6) is 0 Å². The minimum atomic E-state index is -0.777. The van der Waals surface area contributed by atoms with Crippen LogP contribution < -0.4 is 5.32 Å². The standard InChI is InChI=1S/C17H15F2N5O/c1-24(17(25)23-13-9-21-22-10-13)16(11-3-2-6-20-8-11)14-5-4-12(18)7-15(14)19/h2-10,16H,1H3,(H,21,22)(H,23,25)/t16-/m1/s1. The van der Waals surface area contributed by atoms with E-state index in [2.05, 4.69) is 20.5 Å². The summed E-state index contributed by atoms with van der Waals surface area (Å²) < 4.78 is 27.6. The fourth-order valence-electron chi connectivity index (χ4n) is 2.52. The molecular formula is C17H15F2N5O. The number of carbonyl (C=O) groups excluding carboxylic acids is 1. The van der Waals surface area contributed by atoms with Crippen molar-refractivity contribution < 1.29 is 13.6 Å². The maximum absolute atomic E-state index is 14.4. The molecule has 2 aromatic heterocycles. The van der Waals surface area contributed by atoms with Gasteiger partial charge in [0.1, 0.15) is 11.6 Å². The Balaban J connectivity index is 1.97. The Labute approximate surface area is 142 Å². The van der Waals surface area contributed by atoms with Gasteiger partial charge in [-0.3, -0.25) is 10.1 Å². The van der Waals surface area contributed by atoms with Gasteiger partial charge in [0.2, 0.25) is 0 Å². The second-order valence-corrected chi connectivity index (χ2v) is 5.38. The van der Waals surface area contributed by atoms with Gasteiger partial charge >= 0.3 is 6.03 Å². The zero-order valence-electron chi connectivity index (χ0n) is 13.3. The lowest BCUT2D eigenvalue weighted by molar-refractivity contribution is 0.211. The van der Waals surface area contributed by atoms with E-state index in [-0.39, 0.29) is 5.56 Å². The number of benzene rings is 1. The smallest absolute Gasteiger partial charge is 0.316 e. The lowest BCUT2D eigenvalue weighted by Gasteiger charge is -2.29. The Morgan fingerprint density at radius 3 is 2.76 bits per heavy atom. The van der Waals surface area contributed by atoms with Gasteiger partial charge in [0.05, 0.1) is 17.9 Å². The average molecular weight is 343 g/mol. The molecule has 6 nitrogen and oxygen atoms in total. The first-order valence-electron chi connectivity index (χ1n) is 7.43. The van der Waals surface area contributed by atoms with Crippen molar-refractivity contribution in [2.45, 2.75) is 6.04 Å². The highest BCUT2D eigenvalue weighted by atomic mass is 19.1. The summed E-state index contributed by atoms with van der Waals surface area (Å²) in [6.45, 7) is 0. The highest BCUT2D eigenvalue weighted by Crippen LogP contribution is 2.30. The normalized spacial score (nSPS) is 11.8. The molecule has 25 heavy (non-hydrogen) atoms. The number of halogens is 2. The third kappa shape index (κ3) is 3.63. The number of hydrogen-bond acceptors (Lipinski definition) is 3. The number of nitrogens with zero attached hydrogens (tertiary/aromatic N) is 3.